The summed E-state index contributed by atoms with van der Waals surface area (Å²) >= 11 is 1.62. The van der Waals surface area contributed by atoms with Gasteiger partial charge in [-0.25, -0.2) is 0 Å². The van der Waals surface area contributed by atoms with Crippen LogP contribution >= 0.6 is 11.3 Å². The summed E-state index contributed by atoms with van der Waals surface area (Å²) in [6.07, 6.45) is 11.4. The first kappa shape index (κ1) is 21.7. The number of anilines is 3. The summed E-state index contributed by atoms with van der Waals surface area (Å²) in [4.78, 5) is 18.0. The summed E-state index contributed by atoms with van der Waals surface area (Å²) < 4.78 is 2.07. The van der Waals surface area contributed by atoms with Crippen LogP contribution in [0.2, 0.25) is 0 Å². The Kier molecular flexibility index (Phi) is 5.80. The minimum Gasteiger partial charge on any atom is -0.374 e. The van der Waals surface area contributed by atoms with Gasteiger partial charge in [0.15, 0.2) is 0 Å². The molecule has 2 fully saturated rings. The number of aryl methyl sites for hydroxylation is 1. The number of pyridine rings is 1. The predicted molar refractivity (Wildman–Crippen MR) is 130 cm³/mol. The van der Waals surface area contributed by atoms with Crippen LogP contribution < -0.4 is 16.0 Å². The van der Waals surface area contributed by atoms with Gasteiger partial charge in [0.05, 0.1) is 11.9 Å². The topological polar surface area (TPSA) is 117 Å². The molecule has 3 aromatic heterocycles. The van der Waals surface area contributed by atoms with Crippen LogP contribution in [0.5, 0.6) is 0 Å². The number of hydrogen-bond acceptors (Lipinski definition) is 8. The highest BCUT2D eigenvalue weighted by Gasteiger charge is 2.35. The van der Waals surface area contributed by atoms with Crippen LogP contribution in [0.25, 0.3) is 0 Å². The lowest BCUT2D eigenvalue weighted by atomic mass is 9.90. The second-order valence-electron chi connectivity index (χ2n) is 9.59. The molecule has 0 saturated heterocycles. The average Bonchev–Trinajstić information content (AvgIpc) is 3.77. The molecule has 178 valence electrons. The fraction of sp³-hybridized carbons (Fsp3) is 0.500. The Morgan fingerprint density at radius 2 is 2.15 bits per heavy atom. The Labute approximate surface area is 202 Å². The smallest absolute Gasteiger partial charge is 0.229 e. The van der Waals surface area contributed by atoms with Crippen LogP contribution in [0.4, 0.5) is 16.6 Å². The third kappa shape index (κ3) is 4.57. The van der Waals surface area contributed by atoms with Crippen LogP contribution in [-0.4, -0.2) is 37.3 Å². The lowest BCUT2D eigenvalue weighted by Gasteiger charge is -2.26. The zero-order valence-corrected chi connectivity index (χ0v) is 19.7. The number of thiophene rings is 1. The highest BCUT2D eigenvalue weighted by atomic mass is 32.1. The average molecular weight is 480 g/mol. The normalized spacial score (nSPS) is 20.6. The first-order chi connectivity index (χ1) is 16.7. The largest absolute Gasteiger partial charge is 0.374 e. The summed E-state index contributed by atoms with van der Waals surface area (Å²) in [5, 5.41) is 30.1. The van der Waals surface area contributed by atoms with Crippen LogP contribution in [0.1, 0.15) is 60.4 Å². The maximum atomic E-state index is 12.6. The molecule has 10 heteroatoms. The molecule has 4 N–H and O–H groups in total. The predicted octanol–water partition coefficient (Wildman–Crippen LogP) is 3.55. The molecule has 3 heterocycles. The maximum Gasteiger partial charge on any atom is 0.229 e. The van der Waals surface area contributed by atoms with Gasteiger partial charge in [0.1, 0.15) is 17.6 Å². The Morgan fingerprint density at radius 1 is 1.26 bits per heavy atom. The van der Waals surface area contributed by atoms with E-state index in [1.807, 2.05) is 12.1 Å². The molecule has 0 bridgehead atoms. The van der Waals surface area contributed by atoms with Gasteiger partial charge in [0.2, 0.25) is 11.9 Å². The van der Waals surface area contributed by atoms with E-state index in [9.17, 15) is 9.90 Å². The first-order valence-electron chi connectivity index (χ1n) is 12.1. The molecule has 1 amide bonds. The molecule has 0 aliphatic heterocycles. The molecule has 34 heavy (non-hydrogen) atoms. The van der Waals surface area contributed by atoms with Crippen LogP contribution in [0, 0.1) is 11.8 Å². The van der Waals surface area contributed by atoms with E-state index in [4.69, 9.17) is 0 Å². The Hall–Kier alpha value is -2.82. The van der Waals surface area contributed by atoms with Crippen molar-refractivity contribution in [2.45, 2.75) is 57.2 Å². The van der Waals surface area contributed by atoms with Gasteiger partial charge in [-0.15, -0.1) is 21.5 Å². The van der Waals surface area contributed by atoms with Gasteiger partial charge in [0.25, 0.3) is 0 Å². The van der Waals surface area contributed by atoms with Crippen molar-refractivity contribution in [2.24, 2.45) is 11.8 Å². The van der Waals surface area contributed by atoms with E-state index in [0.717, 1.165) is 60.5 Å². The van der Waals surface area contributed by atoms with Crippen LogP contribution in [0.15, 0.2) is 30.9 Å². The zero-order chi connectivity index (χ0) is 23.1. The first-order valence-corrected chi connectivity index (χ1v) is 12.9. The van der Waals surface area contributed by atoms with Gasteiger partial charge in [-0.05, 0) is 68.6 Å². The number of nitrogens with zero attached hydrogens (tertiary/aromatic N) is 4. The highest BCUT2D eigenvalue weighted by Crippen LogP contribution is 2.44. The quantitative estimate of drug-likeness (QED) is 0.347. The molecular weight excluding hydrogens is 450 g/mol. The third-order valence-electron chi connectivity index (χ3n) is 6.92. The van der Waals surface area contributed by atoms with Crippen LogP contribution in [0.3, 0.4) is 0 Å². The molecule has 0 spiro atoms. The number of carbonyl (C=O) groups excluding carboxylic acids is 1. The van der Waals surface area contributed by atoms with Crippen molar-refractivity contribution in [1.29, 1.82) is 0 Å². The number of nitrogens with one attached hydrogen (secondary N) is 3. The molecule has 2 saturated carbocycles. The molecule has 0 radical (unpaired) electrons. The number of aromatic nitrogens is 4. The third-order valence-corrected chi connectivity index (χ3v) is 8.14. The van der Waals surface area contributed by atoms with Gasteiger partial charge >= 0.3 is 0 Å². The number of rotatable bonds is 9. The zero-order valence-electron chi connectivity index (χ0n) is 18.9. The fourth-order valence-electron chi connectivity index (χ4n) is 4.63. The molecule has 2 unspecified atom stereocenters. The lowest BCUT2D eigenvalue weighted by Crippen LogP contribution is -2.26. The number of amides is 1. The molecule has 9 nitrogen and oxygen atoms in total. The van der Waals surface area contributed by atoms with Crippen molar-refractivity contribution in [3.05, 3.63) is 46.9 Å². The van der Waals surface area contributed by atoms with Gasteiger partial charge in [-0.3, -0.25) is 19.7 Å². The summed E-state index contributed by atoms with van der Waals surface area (Å²) in [5.41, 5.74) is 2.84. The Balaban J connectivity index is 1.26. The van der Waals surface area contributed by atoms with Gasteiger partial charge in [-0.2, -0.15) is 0 Å². The van der Waals surface area contributed by atoms with E-state index >= 15 is 0 Å². The van der Waals surface area contributed by atoms with E-state index in [2.05, 4.69) is 35.7 Å². The molecule has 3 aliphatic rings. The molecule has 2 atom stereocenters. The fourth-order valence-corrected chi connectivity index (χ4v) is 5.91. The number of aliphatic hydroxyl groups is 1. The SMILES string of the molecule is O=C(Nc1sc2c(c1C(O)NCC1CC1)CC(n1cnnc1Nc1cccnc1)CC2)C1CC1. The van der Waals surface area contributed by atoms with Crippen LogP contribution in [-0.2, 0) is 17.6 Å². The highest BCUT2D eigenvalue weighted by molar-refractivity contribution is 7.16. The van der Waals surface area contributed by atoms with Gasteiger partial charge < -0.3 is 15.7 Å². The minimum absolute atomic E-state index is 0.0764. The van der Waals surface area contributed by atoms with Crippen molar-refractivity contribution in [3.8, 4) is 0 Å². The summed E-state index contributed by atoms with van der Waals surface area (Å²) in [7, 11) is 0. The van der Waals surface area contributed by atoms with E-state index in [0.29, 0.717) is 11.9 Å². The van der Waals surface area contributed by atoms with Crippen molar-refractivity contribution in [1.82, 2.24) is 25.1 Å². The number of aliphatic hydroxyl groups excluding tert-OH is 1. The number of fused-ring (bicyclic) bond motifs is 1. The van der Waals surface area contributed by atoms with E-state index in [-0.39, 0.29) is 17.9 Å². The maximum absolute atomic E-state index is 12.6. The molecule has 6 rings (SSSR count). The molecule has 0 aromatic carbocycles. The summed E-state index contributed by atoms with van der Waals surface area (Å²) in [5.74, 6) is 1.52. The molecule has 3 aromatic rings. The van der Waals surface area contributed by atoms with Gasteiger partial charge in [0, 0.05) is 35.1 Å². The lowest BCUT2D eigenvalue weighted by molar-refractivity contribution is -0.117. The van der Waals surface area contributed by atoms with E-state index < -0.39 is 6.23 Å². The summed E-state index contributed by atoms with van der Waals surface area (Å²) in [6, 6.07) is 3.97. The summed E-state index contributed by atoms with van der Waals surface area (Å²) in [6.45, 7) is 0.801. The van der Waals surface area contributed by atoms with E-state index in [1.165, 1.54) is 17.7 Å². The van der Waals surface area contributed by atoms with Gasteiger partial charge in [-0.1, -0.05) is 0 Å². The second-order valence-corrected chi connectivity index (χ2v) is 10.7. The Morgan fingerprint density at radius 3 is 2.91 bits per heavy atom. The second kappa shape index (κ2) is 9.09. The Bertz CT molecular complexity index is 1170. The van der Waals surface area contributed by atoms with E-state index in [1.54, 1.807) is 30.1 Å². The number of carbonyl (C=O) groups is 1. The molecular formula is C24H29N7O2S. The minimum atomic E-state index is -0.789. The van der Waals surface area contributed by atoms with Crippen molar-refractivity contribution in [3.63, 3.8) is 0 Å². The van der Waals surface area contributed by atoms with Crippen molar-refractivity contribution >= 4 is 33.9 Å². The standard InChI is InChI=1S/C24H29N7O2S/c32-21(15-5-6-15)29-23-20(22(33)26-11-14-3-4-14)18-10-17(7-8-19(18)34-23)31-13-27-30-24(31)28-16-2-1-9-25-12-16/h1-2,9,12-15,17,22,26,33H,3-8,10-11H2,(H,28,30)(H,29,32). The number of hydrogen-bond donors (Lipinski definition) is 4. The molecule has 3 aliphatic carbocycles. The van der Waals surface area contributed by atoms with Crippen molar-refractivity contribution < 1.29 is 9.90 Å². The monoisotopic (exact) mass is 479 g/mol. The van der Waals surface area contributed by atoms with Crippen molar-refractivity contribution in [2.75, 3.05) is 17.2 Å².